The van der Waals surface area contributed by atoms with E-state index in [1.807, 2.05) is 78.9 Å². The molecule has 0 saturated carbocycles. The second-order valence-electron chi connectivity index (χ2n) is 7.24. The largest absolute Gasteiger partial charge is 0.497 e. The number of fused-ring (bicyclic) bond motifs is 2. The molecule has 5 rings (SSSR count). The van der Waals surface area contributed by atoms with Gasteiger partial charge in [-0.2, -0.15) is 0 Å². The molecule has 1 aliphatic heterocycles. The summed E-state index contributed by atoms with van der Waals surface area (Å²) < 4.78 is 6.15. The highest BCUT2D eigenvalue weighted by Gasteiger charge is 2.36. The number of hydrogen-bond donors (Lipinski definition) is 0. The summed E-state index contributed by atoms with van der Waals surface area (Å²) in [5.41, 5.74) is 2.40. The summed E-state index contributed by atoms with van der Waals surface area (Å²) in [4.78, 5) is 28.6. The normalized spacial score (nSPS) is 15.8. The monoisotopic (exact) mass is 413 g/mol. The van der Waals surface area contributed by atoms with Gasteiger partial charge in [-0.1, -0.05) is 42.5 Å². The van der Waals surface area contributed by atoms with Gasteiger partial charge >= 0.3 is 0 Å². The number of para-hydroxylation sites is 1. The SMILES string of the molecule is COc1ccc(C2CC(=O)N(c3ccccc3)c3sc4ccccc4c(=O)c32)cc1. The maximum atomic E-state index is 13.6. The van der Waals surface area contributed by atoms with E-state index in [4.69, 9.17) is 4.74 Å². The smallest absolute Gasteiger partial charge is 0.233 e. The molecule has 5 heteroatoms. The topological polar surface area (TPSA) is 46.6 Å². The summed E-state index contributed by atoms with van der Waals surface area (Å²) in [6.45, 7) is 0. The van der Waals surface area contributed by atoms with Crippen LogP contribution >= 0.6 is 11.3 Å². The van der Waals surface area contributed by atoms with E-state index >= 15 is 0 Å². The average Bonchev–Trinajstić information content (AvgIpc) is 2.79. The van der Waals surface area contributed by atoms with E-state index in [0.717, 1.165) is 21.7 Å². The van der Waals surface area contributed by atoms with Gasteiger partial charge in [0.05, 0.1) is 7.11 Å². The van der Waals surface area contributed by atoms with Crippen molar-refractivity contribution in [1.29, 1.82) is 0 Å². The lowest BCUT2D eigenvalue weighted by Crippen LogP contribution is -2.35. The van der Waals surface area contributed by atoms with Crippen molar-refractivity contribution in [2.75, 3.05) is 12.0 Å². The first kappa shape index (κ1) is 18.6. The van der Waals surface area contributed by atoms with Crippen molar-refractivity contribution in [2.24, 2.45) is 0 Å². The van der Waals surface area contributed by atoms with Crippen molar-refractivity contribution < 1.29 is 9.53 Å². The molecule has 3 aromatic carbocycles. The Hall–Kier alpha value is -3.44. The molecular weight excluding hydrogens is 394 g/mol. The Labute approximate surface area is 178 Å². The zero-order valence-corrected chi connectivity index (χ0v) is 17.2. The molecule has 1 unspecified atom stereocenters. The Morgan fingerprint density at radius 3 is 2.33 bits per heavy atom. The molecule has 4 aromatic rings. The average molecular weight is 413 g/mol. The molecule has 1 aromatic heterocycles. The minimum atomic E-state index is -0.285. The fourth-order valence-electron chi connectivity index (χ4n) is 4.06. The zero-order chi connectivity index (χ0) is 20.7. The summed E-state index contributed by atoms with van der Waals surface area (Å²) >= 11 is 1.50. The molecule has 0 N–H and O–H groups in total. The summed E-state index contributed by atoms with van der Waals surface area (Å²) in [5, 5.41) is 1.41. The third-order valence-electron chi connectivity index (χ3n) is 5.53. The molecule has 0 bridgehead atoms. The number of anilines is 2. The predicted octanol–water partition coefficient (Wildman–Crippen LogP) is 5.47. The van der Waals surface area contributed by atoms with E-state index in [1.54, 1.807) is 12.0 Å². The highest BCUT2D eigenvalue weighted by Crippen LogP contribution is 2.45. The molecule has 0 aliphatic carbocycles. The number of carbonyl (C=O) groups excluding carboxylic acids is 1. The van der Waals surface area contributed by atoms with E-state index in [0.29, 0.717) is 16.0 Å². The van der Waals surface area contributed by atoms with E-state index in [1.165, 1.54) is 11.3 Å². The summed E-state index contributed by atoms with van der Waals surface area (Å²) in [6.07, 6.45) is 0.245. The van der Waals surface area contributed by atoms with Gasteiger partial charge in [0, 0.05) is 33.7 Å². The first-order valence-corrected chi connectivity index (χ1v) is 10.6. The molecule has 1 aliphatic rings. The molecule has 0 radical (unpaired) electrons. The molecule has 30 heavy (non-hydrogen) atoms. The van der Waals surface area contributed by atoms with Crippen LogP contribution in [0.3, 0.4) is 0 Å². The zero-order valence-electron chi connectivity index (χ0n) is 16.4. The second-order valence-corrected chi connectivity index (χ2v) is 8.27. The Morgan fingerprint density at radius 2 is 1.60 bits per heavy atom. The minimum absolute atomic E-state index is 0.00593. The Kier molecular flexibility index (Phi) is 4.60. The van der Waals surface area contributed by atoms with Crippen molar-refractivity contribution in [3.8, 4) is 5.75 Å². The molecule has 0 fully saturated rings. The number of carbonyl (C=O) groups is 1. The first-order chi connectivity index (χ1) is 14.7. The molecular formula is C25H19NO3S. The number of hydrogen-bond acceptors (Lipinski definition) is 4. The lowest BCUT2D eigenvalue weighted by Gasteiger charge is -2.33. The maximum Gasteiger partial charge on any atom is 0.233 e. The van der Waals surface area contributed by atoms with E-state index in [-0.39, 0.29) is 23.7 Å². The molecule has 1 amide bonds. The van der Waals surface area contributed by atoms with Crippen molar-refractivity contribution in [2.45, 2.75) is 12.3 Å². The van der Waals surface area contributed by atoms with Gasteiger partial charge in [-0.05, 0) is 42.0 Å². The highest BCUT2D eigenvalue weighted by atomic mass is 32.1. The quantitative estimate of drug-likeness (QED) is 0.447. The third kappa shape index (κ3) is 2.99. The molecule has 1 atom stereocenters. The van der Waals surface area contributed by atoms with Crippen molar-refractivity contribution in [3.63, 3.8) is 0 Å². The van der Waals surface area contributed by atoms with Crippen LogP contribution in [0, 0.1) is 0 Å². The standard InChI is InChI=1S/C25H19NO3S/c1-29-18-13-11-16(12-14-18)20-15-22(27)26(17-7-3-2-4-8-17)25-23(20)24(28)19-9-5-6-10-21(19)30-25/h2-14,20H,15H2,1H3. The van der Waals surface area contributed by atoms with E-state index in [2.05, 4.69) is 0 Å². The lowest BCUT2D eigenvalue weighted by molar-refractivity contribution is -0.118. The Bertz CT molecular complexity index is 1300. The maximum absolute atomic E-state index is 13.6. The fourth-order valence-corrected chi connectivity index (χ4v) is 5.33. The summed E-state index contributed by atoms with van der Waals surface area (Å²) in [5.74, 6) is 0.447. The number of ether oxygens (including phenoxy) is 1. The molecule has 0 spiro atoms. The highest BCUT2D eigenvalue weighted by molar-refractivity contribution is 7.22. The fraction of sp³-hybridized carbons (Fsp3) is 0.120. The Morgan fingerprint density at radius 1 is 0.900 bits per heavy atom. The first-order valence-electron chi connectivity index (χ1n) is 9.75. The van der Waals surface area contributed by atoms with Gasteiger partial charge in [-0.25, -0.2) is 0 Å². The van der Waals surface area contributed by atoms with Crippen LogP contribution in [0.4, 0.5) is 10.7 Å². The lowest BCUT2D eigenvalue weighted by atomic mass is 9.85. The van der Waals surface area contributed by atoms with Gasteiger partial charge < -0.3 is 4.74 Å². The van der Waals surface area contributed by atoms with Crippen LogP contribution in [0.2, 0.25) is 0 Å². The van der Waals surface area contributed by atoms with Crippen LogP contribution < -0.4 is 15.1 Å². The van der Waals surface area contributed by atoms with E-state index in [9.17, 15) is 9.59 Å². The van der Waals surface area contributed by atoms with Gasteiger partial charge in [0.15, 0.2) is 5.43 Å². The van der Waals surface area contributed by atoms with Crippen LogP contribution in [0.1, 0.15) is 23.5 Å². The second kappa shape index (κ2) is 7.43. The summed E-state index contributed by atoms with van der Waals surface area (Å²) in [7, 11) is 1.62. The van der Waals surface area contributed by atoms with Crippen LogP contribution in [0.15, 0.2) is 83.7 Å². The van der Waals surface area contributed by atoms with Crippen LogP contribution in [0.5, 0.6) is 5.75 Å². The van der Waals surface area contributed by atoms with Crippen molar-refractivity contribution in [1.82, 2.24) is 0 Å². The number of nitrogens with zero attached hydrogens (tertiary/aromatic N) is 1. The molecule has 0 saturated heterocycles. The third-order valence-corrected chi connectivity index (χ3v) is 6.70. The molecule has 148 valence electrons. The van der Waals surface area contributed by atoms with Crippen molar-refractivity contribution in [3.05, 3.63) is 100 Å². The van der Waals surface area contributed by atoms with Crippen LogP contribution in [-0.2, 0) is 4.79 Å². The number of amides is 1. The van der Waals surface area contributed by atoms with Gasteiger partial charge in [0.25, 0.3) is 0 Å². The van der Waals surface area contributed by atoms with Crippen molar-refractivity contribution >= 4 is 38.0 Å². The van der Waals surface area contributed by atoms with Gasteiger partial charge in [0.2, 0.25) is 5.91 Å². The summed E-state index contributed by atoms with van der Waals surface area (Å²) in [6, 6.07) is 24.8. The molecule has 2 heterocycles. The minimum Gasteiger partial charge on any atom is -0.497 e. The van der Waals surface area contributed by atoms with Crippen LogP contribution in [-0.4, -0.2) is 13.0 Å². The Balaban J connectivity index is 1.78. The predicted molar refractivity (Wildman–Crippen MR) is 121 cm³/mol. The van der Waals surface area contributed by atoms with Crippen LogP contribution in [0.25, 0.3) is 10.1 Å². The number of rotatable bonds is 3. The van der Waals surface area contributed by atoms with Gasteiger partial charge in [0.1, 0.15) is 10.8 Å². The van der Waals surface area contributed by atoms with E-state index < -0.39 is 0 Å². The number of benzene rings is 3. The van der Waals surface area contributed by atoms with Gasteiger partial charge in [-0.15, -0.1) is 11.3 Å². The van der Waals surface area contributed by atoms with Gasteiger partial charge in [-0.3, -0.25) is 14.5 Å². The number of methoxy groups -OCH3 is 1. The molecule has 4 nitrogen and oxygen atoms in total.